The van der Waals surface area contributed by atoms with Gasteiger partial charge in [-0.2, -0.15) is 0 Å². The van der Waals surface area contributed by atoms with Crippen molar-refractivity contribution in [2.24, 2.45) is 5.73 Å². The maximum Gasteiger partial charge on any atom is 0.322 e. The van der Waals surface area contributed by atoms with Gasteiger partial charge in [-0.05, 0) is 48.9 Å². The Hall–Kier alpha value is -2.12. The second-order valence-corrected chi connectivity index (χ2v) is 6.16. The van der Waals surface area contributed by atoms with Crippen LogP contribution in [0.4, 0.5) is 10.5 Å². The number of nitrogens with one attached hydrogen (secondary N) is 1. The number of halogens is 2. The van der Waals surface area contributed by atoms with E-state index in [0.717, 1.165) is 23.4 Å². The normalized spacial score (nSPS) is 16.2. The highest BCUT2D eigenvalue weighted by molar-refractivity contribution is 5.89. The minimum atomic E-state index is -0.105. The first-order valence-electron chi connectivity index (χ1n) is 8.81. The molecule has 6 nitrogen and oxygen atoms in total. The number of pyridine rings is 1. The molecule has 28 heavy (non-hydrogen) atoms. The van der Waals surface area contributed by atoms with Crippen molar-refractivity contribution in [3.63, 3.8) is 0 Å². The van der Waals surface area contributed by atoms with Crippen LogP contribution in [-0.4, -0.2) is 48.3 Å². The second-order valence-electron chi connectivity index (χ2n) is 6.16. The Morgan fingerprint density at radius 3 is 2.68 bits per heavy atom. The molecule has 1 aromatic heterocycles. The van der Waals surface area contributed by atoms with Gasteiger partial charge in [-0.3, -0.25) is 4.98 Å². The van der Waals surface area contributed by atoms with E-state index in [0.29, 0.717) is 26.2 Å². The molecule has 0 saturated carbocycles. The van der Waals surface area contributed by atoms with Gasteiger partial charge in [0.1, 0.15) is 0 Å². The number of carbonyl (C=O) groups is 1. The van der Waals surface area contributed by atoms with Gasteiger partial charge in [0.05, 0.1) is 18.4 Å². The fourth-order valence-electron chi connectivity index (χ4n) is 2.80. The van der Waals surface area contributed by atoms with Crippen LogP contribution in [0.15, 0.2) is 48.7 Å². The number of urea groups is 1. The predicted molar refractivity (Wildman–Crippen MR) is 118 cm³/mol. The monoisotopic (exact) mass is 424 g/mol. The van der Waals surface area contributed by atoms with Crippen molar-refractivity contribution in [1.82, 2.24) is 9.88 Å². The molecule has 0 radical (unpaired) electrons. The molecular weight excluding hydrogens is 399 g/mol. The SMILES string of the molecule is Cl.Cl.NCCC1CN(C(=O)Nc2ccc(/C=C/c3ccccn3)cc2)CCO1. The Balaban J connectivity index is 0.00000196. The van der Waals surface area contributed by atoms with Crippen molar-refractivity contribution < 1.29 is 9.53 Å². The minimum absolute atomic E-state index is 0. The van der Waals surface area contributed by atoms with Crippen molar-refractivity contribution in [2.45, 2.75) is 12.5 Å². The van der Waals surface area contributed by atoms with E-state index < -0.39 is 0 Å². The number of morpholine rings is 1. The third-order valence-corrected chi connectivity index (χ3v) is 4.21. The Labute approximate surface area is 178 Å². The average Bonchev–Trinajstić information content (AvgIpc) is 2.69. The van der Waals surface area contributed by atoms with Crippen molar-refractivity contribution in [1.29, 1.82) is 0 Å². The summed E-state index contributed by atoms with van der Waals surface area (Å²) in [6, 6.07) is 13.4. The first kappa shape index (κ1) is 23.9. The summed E-state index contributed by atoms with van der Waals surface area (Å²) in [5.74, 6) is 0. The number of aromatic nitrogens is 1. The lowest BCUT2D eigenvalue weighted by atomic mass is 10.2. The van der Waals surface area contributed by atoms with Gasteiger partial charge < -0.3 is 20.7 Å². The molecular formula is C20H26Cl2N4O2. The van der Waals surface area contributed by atoms with Gasteiger partial charge >= 0.3 is 6.03 Å². The van der Waals surface area contributed by atoms with Crippen molar-refractivity contribution in [2.75, 3.05) is 31.6 Å². The van der Waals surface area contributed by atoms with Gasteiger partial charge in [-0.1, -0.05) is 24.3 Å². The number of carbonyl (C=O) groups excluding carboxylic acids is 1. The van der Waals surface area contributed by atoms with Crippen molar-refractivity contribution >= 4 is 48.7 Å². The molecule has 1 atom stereocenters. The highest BCUT2D eigenvalue weighted by Gasteiger charge is 2.23. The minimum Gasteiger partial charge on any atom is -0.374 e. The number of benzene rings is 1. The number of hydrogen-bond acceptors (Lipinski definition) is 4. The number of nitrogens with zero attached hydrogens (tertiary/aromatic N) is 2. The van der Waals surface area contributed by atoms with E-state index in [-0.39, 0.29) is 36.9 Å². The number of nitrogens with two attached hydrogens (primary N) is 1. The Morgan fingerprint density at radius 2 is 2.00 bits per heavy atom. The molecule has 0 aliphatic carbocycles. The summed E-state index contributed by atoms with van der Waals surface area (Å²) >= 11 is 0. The summed E-state index contributed by atoms with van der Waals surface area (Å²) in [4.78, 5) is 18.4. The molecule has 152 valence electrons. The van der Waals surface area contributed by atoms with Crippen LogP contribution >= 0.6 is 24.8 Å². The molecule has 1 saturated heterocycles. The number of hydrogen-bond donors (Lipinski definition) is 2. The van der Waals surface area contributed by atoms with Crippen LogP contribution in [0.1, 0.15) is 17.7 Å². The van der Waals surface area contributed by atoms with E-state index in [9.17, 15) is 4.79 Å². The molecule has 1 aliphatic heterocycles. The highest BCUT2D eigenvalue weighted by atomic mass is 35.5. The van der Waals surface area contributed by atoms with Gasteiger partial charge in [0.25, 0.3) is 0 Å². The summed E-state index contributed by atoms with van der Waals surface area (Å²) in [7, 11) is 0. The summed E-state index contributed by atoms with van der Waals surface area (Å²) in [5.41, 5.74) is 8.29. The fourth-order valence-corrected chi connectivity index (χ4v) is 2.80. The van der Waals surface area contributed by atoms with Gasteiger partial charge in [-0.15, -0.1) is 24.8 Å². The van der Waals surface area contributed by atoms with Crippen LogP contribution in [-0.2, 0) is 4.74 Å². The van der Waals surface area contributed by atoms with Gasteiger partial charge in [0, 0.05) is 25.0 Å². The smallest absolute Gasteiger partial charge is 0.322 e. The van der Waals surface area contributed by atoms with Gasteiger partial charge in [0.15, 0.2) is 0 Å². The molecule has 0 bridgehead atoms. The molecule has 2 amide bonds. The van der Waals surface area contributed by atoms with E-state index in [1.54, 1.807) is 11.1 Å². The third-order valence-electron chi connectivity index (χ3n) is 4.21. The lowest BCUT2D eigenvalue weighted by Gasteiger charge is -2.32. The fraction of sp³-hybridized carbons (Fsp3) is 0.300. The lowest BCUT2D eigenvalue weighted by Crippen LogP contribution is -2.47. The number of rotatable bonds is 5. The zero-order chi connectivity index (χ0) is 18.2. The molecule has 1 unspecified atom stereocenters. The maximum absolute atomic E-state index is 12.4. The van der Waals surface area contributed by atoms with Crippen LogP contribution < -0.4 is 11.1 Å². The maximum atomic E-state index is 12.4. The lowest BCUT2D eigenvalue weighted by molar-refractivity contribution is -0.0146. The summed E-state index contributed by atoms with van der Waals surface area (Å²) in [5, 5.41) is 2.94. The number of anilines is 1. The molecule has 8 heteroatoms. The number of ether oxygens (including phenoxy) is 1. The summed E-state index contributed by atoms with van der Waals surface area (Å²) in [6.45, 7) is 2.29. The van der Waals surface area contributed by atoms with Crippen LogP contribution in [0.2, 0.25) is 0 Å². The Bertz CT molecular complexity index is 740. The molecule has 1 aliphatic rings. The van der Waals surface area contributed by atoms with E-state index in [4.69, 9.17) is 10.5 Å². The van der Waals surface area contributed by atoms with Crippen LogP contribution in [0.25, 0.3) is 12.2 Å². The first-order valence-corrected chi connectivity index (χ1v) is 8.81. The molecule has 3 N–H and O–H groups in total. The van der Waals surface area contributed by atoms with E-state index >= 15 is 0 Å². The molecule has 1 fully saturated rings. The van der Waals surface area contributed by atoms with Crippen LogP contribution in [0, 0.1) is 0 Å². The molecule has 0 spiro atoms. The van der Waals surface area contributed by atoms with Gasteiger partial charge in [-0.25, -0.2) is 4.79 Å². The molecule has 2 heterocycles. The Morgan fingerprint density at radius 1 is 1.21 bits per heavy atom. The molecule has 3 rings (SSSR count). The number of amides is 2. The second kappa shape index (κ2) is 12.4. The molecule has 1 aromatic carbocycles. The average molecular weight is 425 g/mol. The van der Waals surface area contributed by atoms with Crippen molar-refractivity contribution in [3.8, 4) is 0 Å². The highest BCUT2D eigenvalue weighted by Crippen LogP contribution is 2.14. The predicted octanol–water partition coefficient (Wildman–Crippen LogP) is 3.68. The van der Waals surface area contributed by atoms with E-state index in [1.165, 1.54) is 0 Å². The quantitative estimate of drug-likeness (QED) is 0.766. The standard InChI is InChI=1S/C20H24N4O2.2ClH/c21-11-10-19-15-24(13-14-26-19)20(25)23-18-8-5-16(6-9-18)4-7-17-3-1-2-12-22-17;;/h1-9,12,19H,10-11,13-15,21H2,(H,23,25);2*1H/b7-4+;;. The topological polar surface area (TPSA) is 80.5 Å². The van der Waals surface area contributed by atoms with Gasteiger partial charge in [0.2, 0.25) is 0 Å². The Kier molecular flexibility index (Phi) is 10.6. The first-order chi connectivity index (χ1) is 12.7. The van der Waals surface area contributed by atoms with Crippen LogP contribution in [0.3, 0.4) is 0 Å². The summed E-state index contributed by atoms with van der Waals surface area (Å²) < 4.78 is 5.61. The zero-order valence-corrected chi connectivity index (χ0v) is 17.1. The van der Waals surface area contributed by atoms with E-state index in [1.807, 2.05) is 54.6 Å². The zero-order valence-electron chi connectivity index (χ0n) is 15.5. The summed E-state index contributed by atoms with van der Waals surface area (Å²) in [6.07, 6.45) is 6.51. The largest absolute Gasteiger partial charge is 0.374 e. The van der Waals surface area contributed by atoms with Crippen LogP contribution in [0.5, 0.6) is 0 Å². The molecule has 2 aromatic rings. The van der Waals surface area contributed by atoms with Crippen molar-refractivity contribution in [3.05, 3.63) is 59.9 Å². The van der Waals surface area contributed by atoms with E-state index in [2.05, 4.69) is 10.3 Å². The third kappa shape index (κ3) is 7.13.